The van der Waals surface area contributed by atoms with Crippen molar-refractivity contribution in [2.45, 2.75) is 39.8 Å². The highest BCUT2D eigenvalue weighted by atomic mass is 16.4. The van der Waals surface area contributed by atoms with Crippen molar-refractivity contribution in [2.75, 3.05) is 19.6 Å². The van der Waals surface area contributed by atoms with E-state index in [1.54, 1.807) is 24.3 Å². The third kappa shape index (κ3) is 6.38. The lowest BCUT2D eigenvalue weighted by Gasteiger charge is -2.36. The van der Waals surface area contributed by atoms with Crippen LogP contribution in [0.25, 0.3) is 0 Å². The number of carboxylic acids is 1. The number of urea groups is 1. The van der Waals surface area contributed by atoms with Crippen molar-refractivity contribution in [3.63, 3.8) is 0 Å². The Morgan fingerprint density at radius 3 is 2.36 bits per heavy atom. The maximum atomic E-state index is 12.0. The van der Waals surface area contributed by atoms with Gasteiger partial charge in [-0.25, -0.2) is 9.59 Å². The molecule has 6 heteroatoms. The van der Waals surface area contributed by atoms with Crippen molar-refractivity contribution < 1.29 is 14.7 Å². The molecule has 6 nitrogen and oxygen atoms in total. The summed E-state index contributed by atoms with van der Waals surface area (Å²) < 4.78 is 0. The summed E-state index contributed by atoms with van der Waals surface area (Å²) >= 11 is 0. The molecule has 0 aliphatic carbocycles. The zero-order valence-electron chi connectivity index (χ0n) is 15.3. The van der Waals surface area contributed by atoms with Crippen LogP contribution in [0.3, 0.4) is 0 Å². The summed E-state index contributed by atoms with van der Waals surface area (Å²) in [6, 6.07) is 6.38. The molecule has 1 aliphatic rings. The number of amides is 2. The van der Waals surface area contributed by atoms with Crippen LogP contribution >= 0.6 is 0 Å². The van der Waals surface area contributed by atoms with Crippen molar-refractivity contribution in [3.05, 3.63) is 35.4 Å². The molecule has 0 aromatic heterocycles. The van der Waals surface area contributed by atoms with Crippen LogP contribution < -0.4 is 10.6 Å². The maximum Gasteiger partial charge on any atom is 0.335 e. The highest BCUT2D eigenvalue weighted by Crippen LogP contribution is 2.20. The topological polar surface area (TPSA) is 81.7 Å². The first-order valence-corrected chi connectivity index (χ1v) is 8.92. The second-order valence-corrected chi connectivity index (χ2v) is 7.39. The summed E-state index contributed by atoms with van der Waals surface area (Å²) in [5, 5.41) is 14.7. The van der Waals surface area contributed by atoms with E-state index in [0.717, 1.165) is 25.2 Å². The molecule has 3 unspecified atom stereocenters. The molecule has 1 aromatic carbocycles. The van der Waals surface area contributed by atoms with Gasteiger partial charge in [0.05, 0.1) is 5.56 Å². The van der Waals surface area contributed by atoms with E-state index in [2.05, 4.69) is 29.4 Å². The van der Waals surface area contributed by atoms with Crippen molar-refractivity contribution in [3.8, 4) is 0 Å². The van der Waals surface area contributed by atoms with Gasteiger partial charge in [-0.15, -0.1) is 0 Å². The molecule has 1 aromatic rings. The van der Waals surface area contributed by atoms with Gasteiger partial charge in [-0.05, 0) is 42.9 Å². The zero-order valence-corrected chi connectivity index (χ0v) is 15.3. The van der Waals surface area contributed by atoms with E-state index in [9.17, 15) is 9.59 Å². The van der Waals surface area contributed by atoms with Crippen LogP contribution in [0.4, 0.5) is 4.79 Å². The fraction of sp³-hybridized carbons (Fsp3) is 0.579. The number of carbonyl (C=O) groups is 2. The van der Waals surface area contributed by atoms with Gasteiger partial charge in [0.2, 0.25) is 0 Å². The minimum atomic E-state index is -0.951. The summed E-state index contributed by atoms with van der Waals surface area (Å²) in [5.74, 6) is 0.463. The lowest BCUT2D eigenvalue weighted by Crippen LogP contribution is -2.49. The van der Waals surface area contributed by atoms with E-state index >= 15 is 0 Å². The SMILES string of the molecule is CC1CC(C)CN(CC(C)NC(=O)NCc2ccc(C(=O)O)cc2)C1. The molecule has 25 heavy (non-hydrogen) atoms. The van der Waals surface area contributed by atoms with E-state index in [-0.39, 0.29) is 17.6 Å². The minimum Gasteiger partial charge on any atom is -0.478 e. The largest absolute Gasteiger partial charge is 0.478 e. The van der Waals surface area contributed by atoms with E-state index in [1.807, 2.05) is 6.92 Å². The number of aromatic carboxylic acids is 1. The predicted octanol–water partition coefficient (Wildman–Crippen LogP) is 2.55. The standard InChI is InChI=1S/C19H29N3O3/c1-13-8-14(2)11-22(10-13)12-15(3)21-19(25)20-9-16-4-6-17(7-5-16)18(23)24/h4-7,13-15H,8-12H2,1-3H3,(H,23,24)(H2,20,21,25). The quantitative estimate of drug-likeness (QED) is 0.739. The molecule has 0 spiro atoms. The van der Waals surface area contributed by atoms with Gasteiger partial charge in [0.25, 0.3) is 0 Å². The van der Waals surface area contributed by atoms with E-state index < -0.39 is 5.97 Å². The molecule has 1 saturated heterocycles. The van der Waals surface area contributed by atoms with Crippen LogP contribution in [0.2, 0.25) is 0 Å². The Kier molecular flexibility index (Phi) is 6.82. The highest BCUT2D eigenvalue weighted by Gasteiger charge is 2.23. The summed E-state index contributed by atoms with van der Waals surface area (Å²) in [5.41, 5.74) is 1.11. The van der Waals surface area contributed by atoms with Crippen molar-refractivity contribution in [2.24, 2.45) is 11.8 Å². The Morgan fingerprint density at radius 1 is 1.20 bits per heavy atom. The lowest BCUT2D eigenvalue weighted by atomic mass is 9.92. The number of benzene rings is 1. The number of hydrogen-bond acceptors (Lipinski definition) is 3. The fourth-order valence-electron chi connectivity index (χ4n) is 3.60. The zero-order chi connectivity index (χ0) is 18.4. The molecule has 3 N–H and O–H groups in total. The minimum absolute atomic E-state index is 0.0758. The van der Waals surface area contributed by atoms with Crippen LogP contribution in [-0.4, -0.2) is 47.7 Å². The number of carbonyl (C=O) groups excluding carboxylic acids is 1. The molecule has 1 fully saturated rings. The first-order valence-electron chi connectivity index (χ1n) is 8.92. The Balaban J connectivity index is 1.73. The molecule has 1 heterocycles. The highest BCUT2D eigenvalue weighted by molar-refractivity contribution is 5.87. The third-order valence-electron chi connectivity index (χ3n) is 4.51. The smallest absolute Gasteiger partial charge is 0.335 e. The monoisotopic (exact) mass is 347 g/mol. The first kappa shape index (κ1) is 19.2. The summed E-state index contributed by atoms with van der Waals surface area (Å²) in [6.45, 7) is 9.99. The second kappa shape index (κ2) is 8.85. The number of hydrogen-bond donors (Lipinski definition) is 3. The first-order chi connectivity index (χ1) is 11.8. The van der Waals surface area contributed by atoms with E-state index in [0.29, 0.717) is 18.4 Å². The van der Waals surface area contributed by atoms with Crippen LogP contribution in [0, 0.1) is 11.8 Å². The van der Waals surface area contributed by atoms with Gasteiger partial charge in [0, 0.05) is 32.2 Å². The fourth-order valence-corrected chi connectivity index (χ4v) is 3.60. The average molecular weight is 347 g/mol. The predicted molar refractivity (Wildman–Crippen MR) is 97.6 cm³/mol. The van der Waals surface area contributed by atoms with Gasteiger partial charge in [-0.3, -0.25) is 0 Å². The van der Waals surface area contributed by atoms with E-state index in [4.69, 9.17) is 5.11 Å². The van der Waals surface area contributed by atoms with Gasteiger partial charge in [-0.2, -0.15) is 0 Å². The molecular formula is C19H29N3O3. The number of piperidine rings is 1. The van der Waals surface area contributed by atoms with Crippen LogP contribution in [0.15, 0.2) is 24.3 Å². The van der Waals surface area contributed by atoms with Gasteiger partial charge in [0.1, 0.15) is 0 Å². The van der Waals surface area contributed by atoms with Crippen LogP contribution in [0.1, 0.15) is 43.1 Å². The Bertz CT molecular complexity index is 578. The molecule has 2 rings (SSSR count). The molecule has 1 aliphatic heterocycles. The Morgan fingerprint density at radius 2 is 1.80 bits per heavy atom. The Labute approximate surface area is 149 Å². The third-order valence-corrected chi connectivity index (χ3v) is 4.51. The van der Waals surface area contributed by atoms with Gasteiger partial charge in [-0.1, -0.05) is 26.0 Å². The second-order valence-electron chi connectivity index (χ2n) is 7.39. The maximum absolute atomic E-state index is 12.0. The molecular weight excluding hydrogens is 318 g/mol. The Hall–Kier alpha value is -2.08. The van der Waals surface area contributed by atoms with Crippen LogP contribution in [0.5, 0.6) is 0 Å². The normalized spacial score (nSPS) is 22.2. The van der Waals surface area contributed by atoms with Gasteiger partial charge >= 0.3 is 12.0 Å². The summed E-state index contributed by atoms with van der Waals surface area (Å²) in [4.78, 5) is 25.3. The summed E-state index contributed by atoms with van der Waals surface area (Å²) in [7, 11) is 0. The van der Waals surface area contributed by atoms with Crippen molar-refractivity contribution >= 4 is 12.0 Å². The number of nitrogens with one attached hydrogen (secondary N) is 2. The van der Waals surface area contributed by atoms with Gasteiger partial charge in [0.15, 0.2) is 0 Å². The van der Waals surface area contributed by atoms with Crippen molar-refractivity contribution in [1.82, 2.24) is 15.5 Å². The number of rotatable bonds is 6. The molecule has 0 radical (unpaired) electrons. The molecule has 138 valence electrons. The number of carboxylic acid groups (broad SMARTS) is 1. The lowest BCUT2D eigenvalue weighted by molar-refractivity contribution is 0.0697. The van der Waals surface area contributed by atoms with E-state index in [1.165, 1.54) is 6.42 Å². The van der Waals surface area contributed by atoms with Crippen molar-refractivity contribution in [1.29, 1.82) is 0 Å². The van der Waals surface area contributed by atoms with Crippen LogP contribution in [-0.2, 0) is 6.54 Å². The molecule has 0 saturated carbocycles. The van der Waals surface area contributed by atoms with Gasteiger partial charge < -0.3 is 20.6 Å². The average Bonchev–Trinajstić information content (AvgIpc) is 2.52. The summed E-state index contributed by atoms with van der Waals surface area (Å²) in [6.07, 6.45) is 1.28. The molecule has 2 amide bonds. The molecule has 0 bridgehead atoms. The number of likely N-dealkylation sites (tertiary alicyclic amines) is 1. The number of nitrogens with zero attached hydrogens (tertiary/aromatic N) is 1. The molecule has 3 atom stereocenters.